The fourth-order valence-corrected chi connectivity index (χ4v) is 2.43. The van der Waals surface area contributed by atoms with E-state index in [0.29, 0.717) is 11.3 Å². The Hall–Kier alpha value is -2.40. The number of ether oxygens (including phenoxy) is 1. The molecule has 0 saturated heterocycles. The third kappa shape index (κ3) is 5.57. The average Bonchev–Trinajstić information content (AvgIpc) is 2.58. The Morgan fingerprint density at radius 3 is 2.68 bits per heavy atom. The first kappa shape index (κ1) is 18.9. The predicted molar refractivity (Wildman–Crippen MR) is 106 cm³/mol. The summed E-state index contributed by atoms with van der Waals surface area (Å²) in [4.78, 5) is 12.4. The molecule has 0 heterocycles. The van der Waals surface area contributed by atoms with Gasteiger partial charge in [0.1, 0.15) is 5.75 Å². The minimum absolute atomic E-state index is 0.102. The smallest absolute Gasteiger partial charge is 0.257 e. The van der Waals surface area contributed by atoms with Crippen LogP contribution in [0, 0.1) is 13.8 Å². The maximum atomic E-state index is 12.4. The van der Waals surface area contributed by atoms with Crippen LogP contribution in [-0.2, 0) is 0 Å². The SMILES string of the molecule is CCC(C)Oc1cccc(C(=O)NC(=S)Nc2cc(C)ccc2C)c1. The van der Waals surface area contributed by atoms with Crippen molar-refractivity contribution >= 4 is 28.9 Å². The zero-order valence-corrected chi connectivity index (χ0v) is 15.9. The van der Waals surface area contributed by atoms with Gasteiger partial charge in [0.25, 0.3) is 5.91 Å². The summed E-state index contributed by atoms with van der Waals surface area (Å²) in [6.45, 7) is 8.05. The lowest BCUT2D eigenvalue weighted by Gasteiger charge is -2.14. The van der Waals surface area contributed by atoms with Crippen molar-refractivity contribution in [3.63, 3.8) is 0 Å². The lowest BCUT2D eigenvalue weighted by molar-refractivity contribution is 0.0977. The molecular formula is C20H24N2O2S. The summed E-state index contributed by atoms with van der Waals surface area (Å²) in [5, 5.41) is 6.06. The van der Waals surface area contributed by atoms with Crippen LogP contribution in [0.1, 0.15) is 41.8 Å². The summed E-state index contributed by atoms with van der Waals surface area (Å²) in [5.41, 5.74) is 3.58. The van der Waals surface area contributed by atoms with Gasteiger partial charge in [0.2, 0.25) is 0 Å². The molecule has 0 fully saturated rings. The number of nitrogens with one attached hydrogen (secondary N) is 2. The summed E-state index contributed by atoms with van der Waals surface area (Å²) in [7, 11) is 0. The van der Waals surface area contributed by atoms with Crippen LogP contribution >= 0.6 is 12.2 Å². The van der Waals surface area contributed by atoms with Crippen molar-refractivity contribution in [2.24, 2.45) is 0 Å². The lowest BCUT2D eigenvalue weighted by atomic mass is 10.1. The molecule has 132 valence electrons. The molecule has 1 unspecified atom stereocenters. The quantitative estimate of drug-likeness (QED) is 0.768. The monoisotopic (exact) mass is 356 g/mol. The Balaban J connectivity index is 2.02. The van der Waals surface area contributed by atoms with Crippen LogP contribution in [0.4, 0.5) is 5.69 Å². The minimum Gasteiger partial charge on any atom is -0.491 e. The van der Waals surface area contributed by atoms with Crippen LogP contribution in [-0.4, -0.2) is 17.1 Å². The molecule has 0 saturated carbocycles. The van der Waals surface area contributed by atoms with E-state index in [1.54, 1.807) is 18.2 Å². The Morgan fingerprint density at radius 2 is 1.96 bits per heavy atom. The number of hydrogen-bond donors (Lipinski definition) is 2. The Bertz CT molecular complexity index is 774. The number of rotatable bonds is 5. The first-order chi connectivity index (χ1) is 11.9. The summed E-state index contributed by atoms with van der Waals surface area (Å²) in [5.74, 6) is 0.410. The molecule has 0 radical (unpaired) electrons. The van der Waals surface area contributed by atoms with Crippen LogP contribution in [0.25, 0.3) is 0 Å². The normalized spacial score (nSPS) is 11.5. The number of aryl methyl sites for hydroxylation is 2. The zero-order valence-electron chi connectivity index (χ0n) is 15.1. The van der Waals surface area contributed by atoms with Gasteiger partial charge in [-0.2, -0.15) is 0 Å². The molecule has 2 aromatic carbocycles. The van der Waals surface area contributed by atoms with Gasteiger partial charge in [-0.3, -0.25) is 10.1 Å². The number of benzene rings is 2. The van der Waals surface area contributed by atoms with E-state index in [-0.39, 0.29) is 17.1 Å². The first-order valence-electron chi connectivity index (χ1n) is 8.35. The van der Waals surface area contributed by atoms with Gasteiger partial charge in [0.05, 0.1) is 6.10 Å². The number of thiocarbonyl (C=S) groups is 1. The molecule has 2 N–H and O–H groups in total. The Morgan fingerprint density at radius 1 is 1.20 bits per heavy atom. The Labute approximate surface area is 154 Å². The fraction of sp³-hybridized carbons (Fsp3) is 0.300. The second-order valence-corrected chi connectivity index (χ2v) is 6.50. The standard InChI is InChI=1S/C20H24N2O2S/c1-5-15(4)24-17-8-6-7-16(12-17)19(23)22-20(25)21-18-11-13(2)9-10-14(18)3/h6-12,15H,5H2,1-4H3,(H2,21,22,23,25). The summed E-state index contributed by atoms with van der Waals surface area (Å²) < 4.78 is 5.76. The molecule has 0 spiro atoms. The number of anilines is 1. The second kappa shape index (κ2) is 8.62. The van der Waals surface area contributed by atoms with Gasteiger partial charge in [-0.05, 0) is 74.8 Å². The van der Waals surface area contributed by atoms with Gasteiger partial charge in [-0.15, -0.1) is 0 Å². The van der Waals surface area contributed by atoms with E-state index in [2.05, 4.69) is 17.6 Å². The molecule has 2 aromatic rings. The number of carbonyl (C=O) groups is 1. The lowest BCUT2D eigenvalue weighted by Crippen LogP contribution is -2.34. The molecule has 5 heteroatoms. The molecular weight excluding hydrogens is 332 g/mol. The summed E-state index contributed by atoms with van der Waals surface area (Å²) in [6.07, 6.45) is 1.01. The highest BCUT2D eigenvalue weighted by molar-refractivity contribution is 7.80. The van der Waals surface area contributed by atoms with Crippen LogP contribution in [0.5, 0.6) is 5.75 Å². The molecule has 2 rings (SSSR count). The zero-order chi connectivity index (χ0) is 18.4. The van der Waals surface area contributed by atoms with Crippen LogP contribution in [0.3, 0.4) is 0 Å². The number of hydrogen-bond acceptors (Lipinski definition) is 3. The van der Waals surface area contributed by atoms with Gasteiger partial charge in [0, 0.05) is 11.3 Å². The molecule has 25 heavy (non-hydrogen) atoms. The molecule has 0 aliphatic heterocycles. The predicted octanol–water partition coefficient (Wildman–Crippen LogP) is 4.61. The highest BCUT2D eigenvalue weighted by Gasteiger charge is 2.11. The van der Waals surface area contributed by atoms with E-state index in [9.17, 15) is 4.79 Å². The first-order valence-corrected chi connectivity index (χ1v) is 8.76. The van der Waals surface area contributed by atoms with E-state index in [4.69, 9.17) is 17.0 Å². The second-order valence-electron chi connectivity index (χ2n) is 6.09. The van der Waals surface area contributed by atoms with Gasteiger partial charge in [-0.25, -0.2) is 0 Å². The van der Waals surface area contributed by atoms with Crippen molar-refractivity contribution < 1.29 is 9.53 Å². The van der Waals surface area contributed by atoms with Crippen molar-refractivity contribution in [1.29, 1.82) is 0 Å². The van der Waals surface area contributed by atoms with Crippen molar-refractivity contribution in [3.8, 4) is 5.75 Å². The van der Waals surface area contributed by atoms with Crippen LogP contribution < -0.4 is 15.4 Å². The molecule has 1 amide bonds. The largest absolute Gasteiger partial charge is 0.491 e. The van der Waals surface area contributed by atoms with E-state index in [1.807, 2.05) is 45.0 Å². The maximum absolute atomic E-state index is 12.4. The topological polar surface area (TPSA) is 50.4 Å². The summed E-state index contributed by atoms with van der Waals surface area (Å²) in [6, 6.07) is 13.1. The molecule has 0 aliphatic rings. The molecule has 0 bridgehead atoms. The van der Waals surface area contributed by atoms with Gasteiger partial charge in [0.15, 0.2) is 5.11 Å². The molecule has 1 atom stereocenters. The average molecular weight is 356 g/mol. The fourth-order valence-electron chi connectivity index (χ4n) is 2.23. The van der Waals surface area contributed by atoms with E-state index < -0.39 is 0 Å². The van der Waals surface area contributed by atoms with Gasteiger partial charge < -0.3 is 10.1 Å². The van der Waals surface area contributed by atoms with Crippen molar-refractivity contribution in [3.05, 3.63) is 59.2 Å². The number of carbonyl (C=O) groups excluding carboxylic acids is 1. The molecule has 0 aromatic heterocycles. The van der Waals surface area contributed by atoms with Gasteiger partial charge in [-0.1, -0.05) is 25.1 Å². The molecule has 4 nitrogen and oxygen atoms in total. The van der Waals surface area contributed by atoms with Crippen molar-refractivity contribution in [2.45, 2.75) is 40.2 Å². The highest BCUT2D eigenvalue weighted by atomic mass is 32.1. The maximum Gasteiger partial charge on any atom is 0.257 e. The summed E-state index contributed by atoms with van der Waals surface area (Å²) >= 11 is 5.26. The van der Waals surface area contributed by atoms with Crippen molar-refractivity contribution in [1.82, 2.24) is 5.32 Å². The minimum atomic E-state index is -0.266. The van der Waals surface area contributed by atoms with Gasteiger partial charge >= 0.3 is 0 Å². The number of amides is 1. The van der Waals surface area contributed by atoms with E-state index >= 15 is 0 Å². The van der Waals surface area contributed by atoms with E-state index in [1.165, 1.54) is 0 Å². The van der Waals surface area contributed by atoms with Crippen molar-refractivity contribution in [2.75, 3.05) is 5.32 Å². The highest BCUT2D eigenvalue weighted by Crippen LogP contribution is 2.17. The van der Waals surface area contributed by atoms with E-state index in [0.717, 1.165) is 23.2 Å². The molecule has 0 aliphatic carbocycles. The van der Waals surface area contributed by atoms with Crippen LogP contribution in [0.2, 0.25) is 0 Å². The Kier molecular flexibility index (Phi) is 6.53. The van der Waals surface area contributed by atoms with Crippen LogP contribution in [0.15, 0.2) is 42.5 Å². The third-order valence-electron chi connectivity index (χ3n) is 3.88. The third-order valence-corrected chi connectivity index (χ3v) is 4.08.